The molecule has 94 valence electrons. The molecule has 3 atom stereocenters. The Hall–Kier alpha value is -0.120. The SMILES string of the molecule is CC(CN1CCCCC1)NC1CCCC1O. The van der Waals surface area contributed by atoms with Gasteiger partial charge < -0.3 is 15.3 Å². The van der Waals surface area contributed by atoms with Crippen LogP contribution in [0.1, 0.15) is 45.4 Å². The highest BCUT2D eigenvalue weighted by Crippen LogP contribution is 2.19. The van der Waals surface area contributed by atoms with Gasteiger partial charge >= 0.3 is 0 Å². The first-order valence-corrected chi connectivity index (χ1v) is 6.92. The molecular formula is C13H26N2O. The zero-order chi connectivity index (χ0) is 11.4. The third-order valence-electron chi connectivity index (χ3n) is 3.96. The van der Waals surface area contributed by atoms with E-state index in [2.05, 4.69) is 17.1 Å². The average molecular weight is 226 g/mol. The zero-order valence-corrected chi connectivity index (χ0v) is 10.5. The van der Waals surface area contributed by atoms with Gasteiger partial charge in [-0.1, -0.05) is 6.42 Å². The van der Waals surface area contributed by atoms with Crippen LogP contribution in [0.2, 0.25) is 0 Å². The average Bonchev–Trinajstić information content (AvgIpc) is 2.66. The molecule has 2 N–H and O–H groups in total. The largest absolute Gasteiger partial charge is 0.392 e. The van der Waals surface area contributed by atoms with E-state index in [0.29, 0.717) is 12.1 Å². The summed E-state index contributed by atoms with van der Waals surface area (Å²) in [5.41, 5.74) is 0. The van der Waals surface area contributed by atoms with Crippen LogP contribution in [-0.2, 0) is 0 Å². The molecule has 0 aromatic carbocycles. The van der Waals surface area contributed by atoms with Crippen molar-refractivity contribution in [3.05, 3.63) is 0 Å². The second-order valence-electron chi connectivity index (χ2n) is 5.53. The van der Waals surface area contributed by atoms with E-state index < -0.39 is 0 Å². The molecule has 0 spiro atoms. The van der Waals surface area contributed by atoms with E-state index in [0.717, 1.165) is 19.4 Å². The van der Waals surface area contributed by atoms with Crippen LogP contribution < -0.4 is 5.32 Å². The van der Waals surface area contributed by atoms with E-state index in [1.807, 2.05) is 0 Å². The summed E-state index contributed by atoms with van der Waals surface area (Å²) in [6.45, 7) is 5.92. The highest BCUT2D eigenvalue weighted by Gasteiger charge is 2.26. The van der Waals surface area contributed by atoms with Gasteiger partial charge in [-0.15, -0.1) is 0 Å². The number of piperidine rings is 1. The number of nitrogens with one attached hydrogen (secondary N) is 1. The monoisotopic (exact) mass is 226 g/mol. The quantitative estimate of drug-likeness (QED) is 0.760. The fraction of sp³-hybridized carbons (Fsp3) is 1.00. The van der Waals surface area contributed by atoms with Gasteiger partial charge in [-0.2, -0.15) is 0 Å². The van der Waals surface area contributed by atoms with Crippen LogP contribution in [0.15, 0.2) is 0 Å². The molecule has 0 radical (unpaired) electrons. The molecule has 1 aliphatic carbocycles. The Morgan fingerprint density at radius 2 is 1.94 bits per heavy atom. The molecule has 2 rings (SSSR count). The first-order chi connectivity index (χ1) is 7.75. The number of hydrogen-bond donors (Lipinski definition) is 2. The molecule has 3 heteroatoms. The van der Waals surface area contributed by atoms with Crippen LogP contribution in [0.3, 0.4) is 0 Å². The molecule has 1 aliphatic heterocycles. The van der Waals surface area contributed by atoms with Crippen molar-refractivity contribution in [2.45, 2.75) is 63.6 Å². The molecule has 0 amide bonds. The topological polar surface area (TPSA) is 35.5 Å². The Morgan fingerprint density at radius 3 is 2.56 bits per heavy atom. The van der Waals surface area contributed by atoms with E-state index in [1.165, 1.54) is 38.8 Å². The molecule has 1 saturated heterocycles. The summed E-state index contributed by atoms with van der Waals surface area (Å²) in [6, 6.07) is 0.857. The summed E-state index contributed by atoms with van der Waals surface area (Å²) in [6.07, 6.45) is 7.32. The van der Waals surface area contributed by atoms with E-state index in [9.17, 15) is 5.11 Å². The summed E-state index contributed by atoms with van der Waals surface area (Å²) in [4.78, 5) is 2.56. The van der Waals surface area contributed by atoms with Crippen LogP contribution in [0, 0.1) is 0 Å². The lowest BCUT2D eigenvalue weighted by Crippen LogP contribution is -2.47. The molecule has 2 fully saturated rings. The minimum Gasteiger partial charge on any atom is -0.392 e. The van der Waals surface area contributed by atoms with E-state index in [-0.39, 0.29) is 6.10 Å². The van der Waals surface area contributed by atoms with Gasteiger partial charge in [0.25, 0.3) is 0 Å². The van der Waals surface area contributed by atoms with Crippen LogP contribution in [0.4, 0.5) is 0 Å². The summed E-state index contributed by atoms with van der Waals surface area (Å²) in [7, 11) is 0. The van der Waals surface area contributed by atoms with Crippen LogP contribution in [-0.4, -0.2) is 47.8 Å². The third kappa shape index (κ3) is 3.44. The smallest absolute Gasteiger partial charge is 0.0693 e. The minimum atomic E-state index is -0.108. The van der Waals surface area contributed by atoms with E-state index in [1.54, 1.807) is 0 Å². The van der Waals surface area contributed by atoms with Crippen molar-refractivity contribution < 1.29 is 5.11 Å². The second kappa shape index (κ2) is 5.99. The van der Waals surface area contributed by atoms with Crippen LogP contribution in [0.5, 0.6) is 0 Å². The van der Waals surface area contributed by atoms with Crippen molar-refractivity contribution >= 4 is 0 Å². The number of rotatable bonds is 4. The van der Waals surface area contributed by atoms with Crippen molar-refractivity contribution in [3.8, 4) is 0 Å². The standard InChI is InChI=1S/C13H26N2O/c1-11(10-15-8-3-2-4-9-15)14-12-6-5-7-13(12)16/h11-14,16H,2-10H2,1H3. The Labute approximate surface area is 99.2 Å². The Balaban J connectivity index is 1.68. The number of aliphatic hydroxyl groups is 1. The fourth-order valence-electron chi connectivity index (χ4n) is 3.08. The summed E-state index contributed by atoms with van der Waals surface area (Å²) < 4.78 is 0. The van der Waals surface area contributed by atoms with Gasteiger partial charge in [-0.25, -0.2) is 0 Å². The van der Waals surface area contributed by atoms with Gasteiger partial charge in [-0.05, 0) is 52.1 Å². The molecule has 2 aliphatic rings. The highest BCUT2D eigenvalue weighted by atomic mass is 16.3. The molecule has 3 nitrogen and oxygen atoms in total. The van der Waals surface area contributed by atoms with Crippen molar-refractivity contribution in [2.24, 2.45) is 0 Å². The van der Waals surface area contributed by atoms with Gasteiger partial charge in [0.05, 0.1) is 6.10 Å². The number of hydrogen-bond acceptors (Lipinski definition) is 3. The molecular weight excluding hydrogens is 200 g/mol. The first-order valence-electron chi connectivity index (χ1n) is 6.92. The summed E-state index contributed by atoms with van der Waals surface area (Å²) >= 11 is 0. The lowest BCUT2D eigenvalue weighted by molar-refractivity contribution is 0.134. The lowest BCUT2D eigenvalue weighted by atomic mass is 10.1. The van der Waals surface area contributed by atoms with Crippen molar-refractivity contribution in [1.82, 2.24) is 10.2 Å². The third-order valence-corrected chi connectivity index (χ3v) is 3.96. The maximum absolute atomic E-state index is 9.77. The molecule has 0 aromatic rings. The van der Waals surface area contributed by atoms with Crippen molar-refractivity contribution in [3.63, 3.8) is 0 Å². The lowest BCUT2D eigenvalue weighted by Gasteiger charge is -2.31. The van der Waals surface area contributed by atoms with Crippen molar-refractivity contribution in [2.75, 3.05) is 19.6 Å². The number of aliphatic hydroxyl groups excluding tert-OH is 1. The molecule has 1 heterocycles. The molecule has 16 heavy (non-hydrogen) atoms. The summed E-state index contributed by atoms with van der Waals surface area (Å²) in [5.74, 6) is 0. The Morgan fingerprint density at radius 1 is 1.19 bits per heavy atom. The number of nitrogens with zero attached hydrogens (tertiary/aromatic N) is 1. The van der Waals surface area contributed by atoms with Crippen molar-refractivity contribution in [1.29, 1.82) is 0 Å². The predicted molar refractivity (Wildman–Crippen MR) is 66.5 cm³/mol. The zero-order valence-electron chi connectivity index (χ0n) is 10.5. The minimum absolute atomic E-state index is 0.108. The van der Waals surface area contributed by atoms with Crippen LogP contribution >= 0.6 is 0 Å². The Bertz CT molecular complexity index is 204. The van der Waals surface area contributed by atoms with Gasteiger partial charge in [-0.3, -0.25) is 0 Å². The molecule has 0 aromatic heterocycles. The summed E-state index contributed by atoms with van der Waals surface area (Å²) in [5, 5.41) is 13.4. The maximum Gasteiger partial charge on any atom is 0.0693 e. The highest BCUT2D eigenvalue weighted by molar-refractivity contribution is 4.85. The van der Waals surface area contributed by atoms with Gasteiger partial charge in [0.2, 0.25) is 0 Å². The first kappa shape index (κ1) is 12.3. The van der Waals surface area contributed by atoms with Gasteiger partial charge in [0.15, 0.2) is 0 Å². The van der Waals surface area contributed by atoms with E-state index >= 15 is 0 Å². The van der Waals surface area contributed by atoms with Crippen LogP contribution in [0.25, 0.3) is 0 Å². The van der Waals surface area contributed by atoms with E-state index in [4.69, 9.17) is 0 Å². The van der Waals surface area contributed by atoms with Gasteiger partial charge in [0.1, 0.15) is 0 Å². The fourth-order valence-corrected chi connectivity index (χ4v) is 3.08. The second-order valence-corrected chi connectivity index (χ2v) is 5.53. The maximum atomic E-state index is 9.77. The molecule has 0 bridgehead atoms. The molecule has 3 unspecified atom stereocenters. The predicted octanol–water partition coefficient (Wildman–Crippen LogP) is 1.36. The van der Waals surface area contributed by atoms with Gasteiger partial charge in [0, 0.05) is 18.6 Å². The normalized spacial score (nSPS) is 34.1. The molecule has 1 saturated carbocycles. The number of likely N-dealkylation sites (tertiary alicyclic amines) is 1. The Kier molecular flexibility index (Phi) is 4.62.